The molecule has 0 unspecified atom stereocenters. The first-order valence-corrected chi connectivity index (χ1v) is 7.71. The van der Waals surface area contributed by atoms with E-state index in [-0.39, 0.29) is 22.0 Å². The van der Waals surface area contributed by atoms with Crippen molar-refractivity contribution in [3.05, 3.63) is 73.9 Å². The van der Waals surface area contributed by atoms with Crippen LogP contribution >= 0.6 is 0 Å². The summed E-state index contributed by atoms with van der Waals surface area (Å²) in [6.45, 7) is 1.37. The van der Waals surface area contributed by atoms with E-state index in [2.05, 4.69) is 0 Å². The average molecular weight is 378 g/mol. The molecule has 0 saturated carbocycles. The number of hydrogen-bond acceptors (Lipinski definition) is 3. The largest absolute Gasteiger partial charge is 0.478 e. The maximum Gasteiger partial charge on any atom is 0.418 e. The van der Waals surface area contributed by atoms with Gasteiger partial charge in [0.25, 0.3) is 5.56 Å². The average Bonchev–Trinajstić information content (AvgIpc) is 2.59. The van der Waals surface area contributed by atoms with E-state index in [0.29, 0.717) is 4.57 Å². The number of aromatic nitrogens is 2. The zero-order chi connectivity index (χ0) is 20.1. The van der Waals surface area contributed by atoms with E-state index in [1.165, 1.54) is 32.2 Å². The Kier molecular flexibility index (Phi) is 4.17. The Hall–Kier alpha value is -3.36. The van der Waals surface area contributed by atoms with Gasteiger partial charge < -0.3 is 5.11 Å². The van der Waals surface area contributed by atoms with Gasteiger partial charge in [-0.3, -0.25) is 9.36 Å². The molecule has 0 aliphatic heterocycles. The minimum Gasteiger partial charge on any atom is -0.478 e. The van der Waals surface area contributed by atoms with E-state index in [0.717, 1.165) is 22.8 Å². The van der Waals surface area contributed by atoms with Crippen molar-refractivity contribution in [1.29, 1.82) is 0 Å². The summed E-state index contributed by atoms with van der Waals surface area (Å²) >= 11 is 0. The Morgan fingerprint density at radius 1 is 1.07 bits per heavy atom. The molecule has 3 rings (SSSR count). The summed E-state index contributed by atoms with van der Waals surface area (Å²) in [4.78, 5) is 37.0. The van der Waals surface area contributed by atoms with Gasteiger partial charge in [0, 0.05) is 7.05 Å². The van der Waals surface area contributed by atoms with Crippen molar-refractivity contribution in [2.45, 2.75) is 13.1 Å². The molecular weight excluding hydrogens is 365 g/mol. The molecule has 3 aromatic rings. The van der Waals surface area contributed by atoms with Crippen LogP contribution in [-0.2, 0) is 13.2 Å². The third kappa shape index (κ3) is 2.80. The molecule has 0 bridgehead atoms. The van der Waals surface area contributed by atoms with Crippen molar-refractivity contribution in [3.63, 3.8) is 0 Å². The maximum absolute atomic E-state index is 13.4. The third-order valence-electron chi connectivity index (χ3n) is 4.38. The Morgan fingerprint density at radius 2 is 1.70 bits per heavy atom. The predicted molar refractivity (Wildman–Crippen MR) is 91.5 cm³/mol. The number of carbonyl (C=O) groups is 1. The van der Waals surface area contributed by atoms with Gasteiger partial charge in [0.2, 0.25) is 0 Å². The molecule has 0 amide bonds. The van der Waals surface area contributed by atoms with Crippen LogP contribution in [-0.4, -0.2) is 20.2 Å². The van der Waals surface area contributed by atoms with Crippen molar-refractivity contribution < 1.29 is 23.1 Å². The van der Waals surface area contributed by atoms with Crippen molar-refractivity contribution in [2.24, 2.45) is 7.05 Å². The summed E-state index contributed by atoms with van der Waals surface area (Å²) in [5.41, 5.74) is -3.70. The second kappa shape index (κ2) is 6.11. The number of aryl methyl sites for hydroxylation is 2. The molecule has 140 valence electrons. The van der Waals surface area contributed by atoms with Crippen LogP contribution in [0.4, 0.5) is 13.2 Å². The smallest absolute Gasteiger partial charge is 0.418 e. The SMILES string of the molecule is Cc1c(C(=O)O)ccc2c1c(=O)n(-c1ccccc1C(F)(F)F)c(=O)n2C. The first-order valence-electron chi connectivity index (χ1n) is 7.71. The number of nitrogens with zero attached hydrogens (tertiary/aromatic N) is 2. The molecule has 1 heterocycles. The number of fused-ring (bicyclic) bond motifs is 1. The first kappa shape index (κ1) is 18.4. The maximum atomic E-state index is 13.4. The van der Waals surface area contributed by atoms with Gasteiger partial charge in [-0.05, 0) is 36.8 Å². The third-order valence-corrected chi connectivity index (χ3v) is 4.38. The highest BCUT2D eigenvalue weighted by molar-refractivity contribution is 5.96. The normalized spacial score (nSPS) is 11.7. The van der Waals surface area contributed by atoms with E-state index < -0.39 is 34.6 Å². The molecule has 2 aromatic carbocycles. The lowest BCUT2D eigenvalue weighted by atomic mass is 10.0. The van der Waals surface area contributed by atoms with Gasteiger partial charge in [0.05, 0.1) is 27.7 Å². The second-order valence-electron chi connectivity index (χ2n) is 5.93. The Balaban J connectivity index is 2.55. The quantitative estimate of drug-likeness (QED) is 0.744. The number of carboxylic acid groups (broad SMARTS) is 1. The fourth-order valence-electron chi connectivity index (χ4n) is 3.05. The van der Waals surface area contributed by atoms with Crippen molar-refractivity contribution in [1.82, 2.24) is 9.13 Å². The molecule has 0 fully saturated rings. The molecule has 1 N–H and O–H groups in total. The van der Waals surface area contributed by atoms with Gasteiger partial charge in [0.15, 0.2) is 0 Å². The topological polar surface area (TPSA) is 81.3 Å². The summed E-state index contributed by atoms with van der Waals surface area (Å²) in [6, 6.07) is 6.75. The van der Waals surface area contributed by atoms with E-state index in [1.54, 1.807) is 0 Å². The molecule has 0 aliphatic carbocycles. The van der Waals surface area contributed by atoms with Crippen LogP contribution in [0.2, 0.25) is 0 Å². The fourth-order valence-corrected chi connectivity index (χ4v) is 3.05. The van der Waals surface area contributed by atoms with Gasteiger partial charge in [-0.25, -0.2) is 14.2 Å². The number of benzene rings is 2. The number of hydrogen-bond donors (Lipinski definition) is 1. The molecule has 0 spiro atoms. The van der Waals surface area contributed by atoms with E-state index in [4.69, 9.17) is 0 Å². The lowest BCUT2D eigenvalue weighted by Crippen LogP contribution is -2.39. The van der Waals surface area contributed by atoms with E-state index >= 15 is 0 Å². The first-order chi connectivity index (χ1) is 12.6. The number of halogens is 3. The lowest BCUT2D eigenvalue weighted by Gasteiger charge is -2.17. The van der Waals surface area contributed by atoms with Crippen LogP contribution in [0.15, 0.2) is 46.0 Å². The zero-order valence-corrected chi connectivity index (χ0v) is 14.2. The second-order valence-corrected chi connectivity index (χ2v) is 5.93. The van der Waals surface area contributed by atoms with Crippen LogP contribution in [0.1, 0.15) is 21.5 Å². The number of rotatable bonds is 2. The van der Waals surface area contributed by atoms with Crippen LogP contribution in [0.25, 0.3) is 16.6 Å². The Labute approximate surface area is 149 Å². The van der Waals surface area contributed by atoms with Crippen LogP contribution in [0, 0.1) is 6.92 Å². The minimum atomic E-state index is -4.78. The Bertz CT molecular complexity index is 1210. The number of alkyl halides is 3. The molecular formula is C18H13F3N2O4. The number of aromatic carboxylic acids is 1. The fraction of sp³-hybridized carbons (Fsp3) is 0.167. The number of carboxylic acids is 1. The van der Waals surface area contributed by atoms with Gasteiger partial charge >= 0.3 is 17.8 Å². The molecule has 0 saturated heterocycles. The van der Waals surface area contributed by atoms with Crippen molar-refractivity contribution >= 4 is 16.9 Å². The van der Waals surface area contributed by atoms with Crippen LogP contribution < -0.4 is 11.2 Å². The molecule has 9 heteroatoms. The number of para-hydroxylation sites is 1. The van der Waals surface area contributed by atoms with E-state index in [1.807, 2.05) is 0 Å². The predicted octanol–water partition coefficient (Wildman–Crippen LogP) is 2.71. The molecule has 6 nitrogen and oxygen atoms in total. The summed E-state index contributed by atoms with van der Waals surface area (Å²) in [5.74, 6) is -1.29. The van der Waals surface area contributed by atoms with Gasteiger partial charge in [-0.1, -0.05) is 12.1 Å². The van der Waals surface area contributed by atoms with Crippen LogP contribution in [0.3, 0.4) is 0 Å². The Morgan fingerprint density at radius 3 is 2.30 bits per heavy atom. The van der Waals surface area contributed by atoms with Crippen molar-refractivity contribution in [2.75, 3.05) is 0 Å². The highest BCUT2D eigenvalue weighted by Crippen LogP contribution is 2.33. The molecule has 0 aliphatic rings. The van der Waals surface area contributed by atoms with Crippen LogP contribution in [0.5, 0.6) is 0 Å². The summed E-state index contributed by atoms with van der Waals surface area (Å²) in [6.07, 6.45) is -4.78. The molecule has 27 heavy (non-hydrogen) atoms. The van der Waals surface area contributed by atoms with Crippen molar-refractivity contribution in [3.8, 4) is 5.69 Å². The van der Waals surface area contributed by atoms with Gasteiger partial charge in [-0.15, -0.1) is 0 Å². The summed E-state index contributed by atoms with van der Waals surface area (Å²) in [5, 5.41) is 9.12. The zero-order valence-electron chi connectivity index (χ0n) is 14.2. The summed E-state index contributed by atoms with van der Waals surface area (Å²) < 4.78 is 41.5. The monoisotopic (exact) mass is 378 g/mol. The highest BCUT2D eigenvalue weighted by Gasteiger charge is 2.34. The molecule has 0 atom stereocenters. The van der Waals surface area contributed by atoms with E-state index in [9.17, 15) is 32.7 Å². The van der Waals surface area contributed by atoms with Gasteiger partial charge in [-0.2, -0.15) is 13.2 Å². The standard InChI is InChI=1S/C18H13F3N2O4/c1-9-10(16(25)26)7-8-13-14(9)15(24)23(17(27)22(13)2)12-6-4-3-5-11(12)18(19,20)21/h3-8H,1-2H3,(H,25,26). The van der Waals surface area contributed by atoms with Gasteiger partial charge in [0.1, 0.15) is 0 Å². The lowest BCUT2D eigenvalue weighted by molar-refractivity contribution is -0.137. The summed E-state index contributed by atoms with van der Waals surface area (Å²) in [7, 11) is 1.30. The molecule has 1 aromatic heterocycles. The minimum absolute atomic E-state index is 0.0684. The molecule has 0 radical (unpaired) electrons. The highest BCUT2D eigenvalue weighted by atomic mass is 19.4.